The Morgan fingerprint density at radius 3 is 2.78 bits per heavy atom. The van der Waals surface area contributed by atoms with E-state index in [4.69, 9.17) is 0 Å². The predicted molar refractivity (Wildman–Crippen MR) is 145 cm³/mol. The summed E-state index contributed by atoms with van der Waals surface area (Å²) in [5.74, 6) is 1.04. The first-order valence-electron chi connectivity index (χ1n) is 12.9. The second kappa shape index (κ2) is 10.4. The topological polar surface area (TPSA) is 90.0 Å². The Kier molecular flexibility index (Phi) is 6.65. The first-order chi connectivity index (χ1) is 17.7. The highest BCUT2D eigenvalue weighted by atomic mass is 32.1. The van der Waals surface area contributed by atoms with Gasteiger partial charge in [-0.3, -0.25) is 4.79 Å². The van der Waals surface area contributed by atoms with Gasteiger partial charge < -0.3 is 20.1 Å². The summed E-state index contributed by atoms with van der Waals surface area (Å²) in [6.45, 7) is 4.58. The third kappa shape index (κ3) is 4.99. The zero-order valence-electron chi connectivity index (χ0n) is 20.4. The summed E-state index contributed by atoms with van der Waals surface area (Å²) in [5.41, 5.74) is 6.91. The summed E-state index contributed by atoms with van der Waals surface area (Å²) in [7, 11) is 0. The molecular weight excluding hydrogens is 470 g/mol. The van der Waals surface area contributed by atoms with Crippen molar-refractivity contribution in [3.8, 4) is 0 Å². The highest BCUT2D eigenvalue weighted by Crippen LogP contribution is 2.30. The summed E-state index contributed by atoms with van der Waals surface area (Å²) < 4.78 is 1.14. The molecule has 1 aromatic carbocycles. The van der Waals surface area contributed by atoms with Crippen LogP contribution in [0.3, 0.4) is 0 Å². The minimum absolute atomic E-state index is 0.265. The fraction of sp³-hybridized carbons (Fsp3) is 0.407. The van der Waals surface area contributed by atoms with Gasteiger partial charge in [-0.15, -0.1) is 11.3 Å². The number of likely N-dealkylation sites (tertiary alicyclic amines) is 1. The normalized spacial score (nSPS) is 17.3. The number of hydrogen-bond acceptors (Lipinski definition) is 7. The zero-order valence-corrected chi connectivity index (χ0v) is 21.2. The standard InChI is InChI=1S/C27H31N7OS/c35-25(9-12-33-10-3-1-2-4-11-33)34-13-7-19(8-14-34)23-16-21-26(28-17-29-27(21)32-23)31-20-5-6-22-24(15-20)36-18-30-22/h5-7,15-18H,1-4,8-14H2,(H2,28,29,31,32). The van der Waals surface area contributed by atoms with Crippen LogP contribution in [-0.4, -0.2) is 68.4 Å². The summed E-state index contributed by atoms with van der Waals surface area (Å²) >= 11 is 1.62. The Bertz CT molecular complexity index is 1400. The monoisotopic (exact) mass is 501 g/mol. The quantitative estimate of drug-likeness (QED) is 0.378. The summed E-state index contributed by atoms with van der Waals surface area (Å²) in [6, 6.07) is 8.25. The molecule has 0 atom stereocenters. The minimum atomic E-state index is 0.265. The molecule has 1 saturated heterocycles. The van der Waals surface area contributed by atoms with Gasteiger partial charge >= 0.3 is 0 Å². The van der Waals surface area contributed by atoms with Gasteiger partial charge in [0.1, 0.15) is 17.8 Å². The number of thiazole rings is 1. The Morgan fingerprint density at radius 2 is 1.94 bits per heavy atom. The molecule has 0 spiro atoms. The second-order valence-electron chi connectivity index (χ2n) is 9.65. The number of nitrogens with zero attached hydrogens (tertiary/aromatic N) is 5. The molecule has 3 aromatic heterocycles. The van der Waals surface area contributed by atoms with Crippen LogP contribution in [-0.2, 0) is 4.79 Å². The van der Waals surface area contributed by atoms with E-state index in [1.54, 1.807) is 17.7 Å². The largest absolute Gasteiger partial charge is 0.340 e. The molecule has 9 heteroatoms. The molecule has 1 amide bonds. The number of nitrogens with one attached hydrogen (secondary N) is 2. The molecular formula is C27H31N7OS. The fourth-order valence-corrected chi connectivity index (χ4v) is 5.91. The molecule has 6 rings (SSSR count). The number of carbonyl (C=O) groups excluding carboxylic acids is 1. The van der Waals surface area contributed by atoms with E-state index in [9.17, 15) is 4.79 Å². The van der Waals surface area contributed by atoms with E-state index in [2.05, 4.69) is 48.4 Å². The molecule has 2 aliphatic rings. The van der Waals surface area contributed by atoms with Crippen molar-refractivity contribution in [3.05, 3.63) is 47.9 Å². The van der Waals surface area contributed by atoms with Gasteiger partial charge in [0.2, 0.25) is 5.91 Å². The average molecular weight is 502 g/mol. The number of aromatic nitrogens is 4. The Labute approximate surface area is 214 Å². The van der Waals surface area contributed by atoms with Crippen molar-refractivity contribution in [2.45, 2.75) is 38.5 Å². The first kappa shape index (κ1) is 23.1. The average Bonchev–Trinajstić information content (AvgIpc) is 3.48. The van der Waals surface area contributed by atoms with E-state index >= 15 is 0 Å². The summed E-state index contributed by atoms with van der Waals surface area (Å²) in [5, 5.41) is 4.40. The first-order valence-corrected chi connectivity index (χ1v) is 13.7. The summed E-state index contributed by atoms with van der Waals surface area (Å²) in [6.07, 6.45) is 10.4. The van der Waals surface area contributed by atoms with Gasteiger partial charge in [0.15, 0.2) is 0 Å². The van der Waals surface area contributed by atoms with Crippen LogP contribution in [0.2, 0.25) is 0 Å². The van der Waals surface area contributed by atoms with Gasteiger partial charge in [-0.05, 0) is 62.2 Å². The highest BCUT2D eigenvalue weighted by Gasteiger charge is 2.20. The number of benzene rings is 1. The number of amides is 1. The van der Waals surface area contributed by atoms with Crippen molar-refractivity contribution in [2.24, 2.45) is 0 Å². The number of H-pyrrole nitrogens is 1. The van der Waals surface area contributed by atoms with E-state index < -0.39 is 0 Å². The summed E-state index contributed by atoms with van der Waals surface area (Å²) in [4.78, 5) is 34.0. The molecule has 4 aromatic rings. The van der Waals surface area contributed by atoms with Crippen molar-refractivity contribution < 1.29 is 4.79 Å². The molecule has 0 bridgehead atoms. The van der Waals surface area contributed by atoms with Gasteiger partial charge in [0.05, 0.1) is 21.1 Å². The van der Waals surface area contributed by atoms with E-state index in [1.165, 1.54) is 31.3 Å². The minimum Gasteiger partial charge on any atom is -0.340 e. The van der Waals surface area contributed by atoms with Crippen LogP contribution in [0, 0.1) is 0 Å². The second-order valence-corrected chi connectivity index (χ2v) is 10.5. The lowest BCUT2D eigenvalue weighted by Crippen LogP contribution is -2.37. The van der Waals surface area contributed by atoms with Crippen molar-refractivity contribution in [3.63, 3.8) is 0 Å². The lowest BCUT2D eigenvalue weighted by atomic mass is 10.0. The molecule has 0 aliphatic carbocycles. The smallest absolute Gasteiger partial charge is 0.224 e. The van der Waals surface area contributed by atoms with Crippen molar-refractivity contribution in [1.82, 2.24) is 29.7 Å². The van der Waals surface area contributed by atoms with Gasteiger partial charge in [-0.2, -0.15) is 0 Å². The van der Waals surface area contributed by atoms with E-state index in [0.29, 0.717) is 13.0 Å². The van der Waals surface area contributed by atoms with Crippen LogP contribution in [0.4, 0.5) is 11.5 Å². The SMILES string of the molecule is O=C(CCN1CCCCCC1)N1CC=C(c2cc3c(Nc4ccc5ncsc5c4)ncnc3[nH]2)CC1. The van der Waals surface area contributed by atoms with Gasteiger partial charge in [0, 0.05) is 37.4 Å². The van der Waals surface area contributed by atoms with Gasteiger partial charge in [0.25, 0.3) is 0 Å². The fourth-order valence-electron chi connectivity index (χ4n) is 5.19. The van der Waals surface area contributed by atoms with E-state index in [-0.39, 0.29) is 5.91 Å². The Morgan fingerprint density at radius 1 is 1.06 bits per heavy atom. The number of fused-ring (bicyclic) bond motifs is 2. The number of carbonyl (C=O) groups is 1. The van der Waals surface area contributed by atoms with Crippen LogP contribution >= 0.6 is 11.3 Å². The maximum atomic E-state index is 12.8. The third-order valence-electron chi connectivity index (χ3n) is 7.27. The van der Waals surface area contributed by atoms with Crippen LogP contribution in [0.5, 0.6) is 0 Å². The highest BCUT2D eigenvalue weighted by molar-refractivity contribution is 7.16. The number of aromatic amines is 1. The van der Waals surface area contributed by atoms with Gasteiger partial charge in [-0.1, -0.05) is 18.9 Å². The van der Waals surface area contributed by atoms with Gasteiger partial charge in [-0.25, -0.2) is 15.0 Å². The Balaban J connectivity index is 1.12. The third-order valence-corrected chi connectivity index (χ3v) is 8.06. The number of rotatable bonds is 6. The number of hydrogen-bond donors (Lipinski definition) is 2. The van der Waals surface area contributed by atoms with Crippen LogP contribution in [0.1, 0.15) is 44.2 Å². The Hall–Kier alpha value is -3.30. The molecule has 2 N–H and O–H groups in total. The zero-order chi connectivity index (χ0) is 24.3. The lowest BCUT2D eigenvalue weighted by Gasteiger charge is -2.27. The maximum Gasteiger partial charge on any atom is 0.224 e. The molecule has 2 aliphatic heterocycles. The van der Waals surface area contributed by atoms with Crippen LogP contribution in [0.25, 0.3) is 26.8 Å². The maximum absolute atomic E-state index is 12.8. The molecule has 0 radical (unpaired) electrons. The molecule has 8 nitrogen and oxygen atoms in total. The molecule has 5 heterocycles. The molecule has 1 fully saturated rings. The molecule has 0 saturated carbocycles. The molecule has 0 unspecified atom stereocenters. The predicted octanol–water partition coefficient (Wildman–Crippen LogP) is 5.19. The van der Waals surface area contributed by atoms with E-state index in [1.807, 2.05) is 22.5 Å². The lowest BCUT2D eigenvalue weighted by molar-refractivity contribution is -0.131. The molecule has 36 heavy (non-hydrogen) atoms. The number of anilines is 2. The van der Waals surface area contributed by atoms with Crippen molar-refractivity contribution in [2.75, 3.05) is 38.0 Å². The molecule has 186 valence electrons. The van der Waals surface area contributed by atoms with Crippen molar-refractivity contribution in [1.29, 1.82) is 0 Å². The van der Waals surface area contributed by atoms with Crippen molar-refractivity contribution >= 4 is 55.6 Å². The van der Waals surface area contributed by atoms with Crippen LogP contribution in [0.15, 0.2) is 42.2 Å². The van der Waals surface area contributed by atoms with Crippen LogP contribution < -0.4 is 5.32 Å². The van der Waals surface area contributed by atoms with E-state index in [0.717, 1.165) is 71.0 Å².